The molecule has 1 fully saturated rings. The number of piperidine rings is 1. The maximum absolute atomic E-state index is 11.9. The average molecular weight is 301 g/mol. The van der Waals surface area contributed by atoms with Gasteiger partial charge in [0.2, 0.25) is 15.8 Å². The predicted octanol–water partition coefficient (Wildman–Crippen LogP) is -0.261. The molecular weight excluding hydrogens is 282 g/mol. The summed E-state index contributed by atoms with van der Waals surface area (Å²) >= 11 is 0. The van der Waals surface area contributed by atoms with Crippen molar-refractivity contribution in [2.24, 2.45) is 0 Å². The lowest BCUT2D eigenvalue weighted by atomic mass is 10.1. The van der Waals surface area contributed by atoms with Crippen LogP contribution in [0.25, 0.3) is 0 Å². The van der Waals surface area contributed by atoms with Crippen LogP contribution in [0.4, 0.5) is 0 Å². The predicted molar refractivity (Wildman–Crippen MR) is 72.5 cm³/mol. The number of aromatic amines is 1. The molecule has 20 heavy (non-hydrogen) atoms. The summed E-state index contributed by atoms with van der Waals surface area (Å²) in [6.45, 7) is 2.75. The highest BCUT2D eigenvalue weighted by Crippen LogP contribution is 2.15. The lowest BCUT2D eigenvalue weighted by Crippen LogP contribution is -2.47. The summed E-state index contributed by atoms with van der Waals surface area (Å²) < 4.78 is 25.3. The first-order chi connectivity index (χ1) is 9.53. The Bertz CT molecular complexity index is 534. The lowest BCUT2D eigenvalue weighted by molar-refractivity contribution is 0.0913. The van der Waals surface area contributed by atoms with E-state index in [9.17, 15) is 13.2 Å². The van der Waals surface area contributed by atoms with Crippen molar-refractivity contribution in [3.8, 4) is 0 Å². The molecule has 1 aliphatic rings. The summed E-state index contributed by atoms with van der Waals surface area (Å²) in [6.07, 6.45) is 3.12. The van der Waals surface area contributed by atoms with Gasteiger partial charge >= 0.3 is 0 Å². The fourth-order valence-corrected chi connectivity index (χ4v) is 3.78. The van der Waals surface area contributed by atoms with Crippen LogP contribution in [0.1, 0.15) is 36.8 Å². The number of rotatable bonds is 5. The third kappa shape index (κ3) is 3.54. The average Bonchev–Trinajstić information content (AvgIpc) is 2.93. The molecule has 0 aromatic carbocycles. The van der Waals surface area contributed by atoms with Crippen LogP contribution in [0.3, 0.4) is 0 Å². The minimum atomic E-state index is -3.14. The first-order valence-corrected chi connectivity index (χ1v) is 8.28. The largest absolute Gasteiger partial charge is 0.347 e. The molecule has 2 heterocycles. The second kappa shape index (κ2) is 6.31. The van der Waals surface area contributed by atoms with E-state index in [1.54, 1.807) is 0 Å². The molecule has 2 N–H and O–H groups in total. The minimum absolute atomic E-state index is 0.0272. The number of carbonyl (C=O) groups excluding carboxylic acids is 1. The summed E-state index contributed by atoms with van der Waals surface area (Å²) in [5.74, 6) is 0.0469. The molecule has 112 valence electrons. The highest BCUT2D eigenvalue weighted by Gasteiger charge is 2.28. The fourth-order valence-electron chi connectivity index (χ4n) is 2.23. The number of sulfonamides is 1. The number of hydrogen-bond donors (Lipinski definition) is 2. The van der Waals surface area contributed by atoms with Gasteiger partial charge in [-0.3, -0.25) is 9.89 Å². The topological polar surface area (TPSA) is 108 Å². The van der Waals surface area contributed by atoms with Gasteiger partial charge < -0.3 is 5.32 Å². The monoisotopic (exact) mass is 301 g/mol. The number of carbonyl (C=O) groups is 1. The number of amides is 1. The summed E-state index contributed by atoms with van der Waals surface area (Å²) in [5, 5.41) is 8.94. The second-order valence-corrected chi connectivity index (χ2v) is 6.89. The summed E-state index contributed by atoms with van der Waals surface area (Å²) in [7, 11) is -3.14. The number of nitrogens with zero attached hydrogens (tertiary/aromatic N) is 3. The molecule has 1 amide bonds. The summed E-state index contributed by atoms with van der Waals surface area (Å²) in [5.41, 5.74) is 0. The standard InChI is InChI=1S/C11H19N5O3S/c1-2-7-20(18,19)16-5-3-9(4-6-16)14-11(17)10-12-8-13-15-10/h8-9H,2-7H2,1H3,(H,14,17)(H,12,13,15). The third-order valence-corrected chi connectivity index (χ3v) is 5.35. The van der Waals surface area contributed by atoms with Crippen molar-refractivity contribution >= 4 is 15.9 Å². The fraction of sp³-hybridized carbons (Fsp3) is 0.727. The van der Waals surface area contributed by atoms with E-state index < -0.39 is 10.0 Å². The zero-order valence-corrected chi connectivity index (χ0v) is 12.2. The Balaban J connectivity index is 1.84. The molecule has 1 aromatic rings. The molecule has 8 nitrogen and oxygen atoms in total. The molecule has 9 heteroatoms. The molecule has 0 unspecified atom stereocenters. The van der Waals surface area contributed by atoms with E-state index in [0.717, 1.165) is 0 Å². The molecule has 0 bridgehead atoms. The number of H-pyrrole nitrogens is 1. The van der Waals surface area contributed by atoms with Crippen LogP contribution in [0.2, 0.25) is 0 Å². The van der Waals surface area contributed by atoms with Gasteiger partial charge in [0.1, 0.15) is 6.33 Å². The highest BCUT2D eigenvalue weighted by atomic mass is 32.2. The molecule has 2 rings (SSSR count). The molecule has 0 spiro atoms. The van der Waals surface area contributed by atoms with E-state index in [1.165, 1.54) is 10.6 Å². The lowest BCUT2D eigenvalue weighted by Gasteiger charge is -2.31. The Morgan fingerprint density at radius 2 is 2.20 bits per heavy atom. The van der Waals surface area contributed by atoms with E-state index in [1.807, 2.05) is 6.92 Å². The van der Waals surface area contributed by atoms with E-state index in [-0.39, 0.29) is 23.5 Å². The summed E-state index contributed by atoms with van der Waals surface area (Å²) in [4.78, 5) is 15.6. The van der Waals surface area contributed by atoms with Crippen molar-refractivity contribution in [1.29, 1.82) is 0 Å². The molecule has 0 radical (unpaired) electrons. The minimum Gasteiger partial charge on any atom is -0.347 e. The first-order valence-electron chi connectivity index (χ1n) is 6.67. The zero-order valence-electron chi connectivity index (χ0n) is 11.4. The van der Waals surface area contributed by atoms with Gasteiger partial charge in [-0.1, -0.05) is 6.92 Å². The summed E-state index contributed by atoms with van der Waals surface area (Å²) in [6, 6.07) is -0.0272. The molecule has 0 aliphatic carbocycles. The van der Waals surface area contributed by atoms with Crippen molar-refractivity contribution in [3.63, 3.8) is 0 Å². The molecule has 1 saturated heterocycles. The number of hydrogen-bond acceptors (Lipinski definition) is 5. The Morgan fingerprint density at radius 3 is 2.75 bits per heavy atom. The van der Waals surface area contributed by atoms with Gasteiger partial charge in [-0.05, 0) is 19.3 Å². The zero-order chi connectivity index (χ0) is 14.6. The van der Waals surface area contributed by atoms with Gasteiger partial charge in [-0.25, -0.2) is 17.7 Å². The second-order valence-electron chi connectivity index (χ2n) is 4.80. The third-order valence-electron chi connectivity index (χ3n) is 3.27. The van der Waals surface area contributed by atoms with Gasteiger partial charge in [0.05, 0.1) is 5.75 Å². The van der Waals surface area contributed by atoms with Crippen LogP contribution in [0.5, 0.6) is 0 Å². The van der Waals surface area contributed by atoms with Crippen LogP contribution < -0.4 is 5.32 Å². The first kappa shape index (κ1) is 14.9. The van der Waals surface area contributed by atoms with Crippen LogP contribution in [0.15, 0.2) is 6.33 Å². The van der Waals surface area contributed by atoms with Gasteiger partial charge in [-0.15, -0.1) is 0 Å². The van der Waals surface area contributed by atoms with Crippen molar-refractivity contribution in [2.45, 2.75) is 32.2 Å². The molecule has 1 aromatic heterocycles. The van der Waals surface area contributed by atoms with Gasteiger partial charge in [0.25, 0.3) is 5.91 Å². The van der Waals surface area contributed by atoms with E-state index in [2.05, 4.69) is 20.5 Å². The van der Waals surface area contributed by atoms with Gasteiger partial charge in [-0.2, -0.15) is 5.10 Å². The van der Waals surface area contributed by atoms with E-state index >= 15 is 0 Å². The van der Waals surface area contributed by atoms with E-state index in [4.69, 9.17) is 0 Å². The Kier molecular flexibility index (Phi) is 4.71. The Morgan fingerprint density at radius 1 is 1.50 bits per heavy atom. The van der Waals surface area contributed by atoms with Crippen LogP contribution in [0, 0.1) is 0 Å². The van der Waals surface area contributed by atoms with E-state index in [0.29, 0.717) is 32.4 Å². The number of nitrogens with one attached hydrogen (secondary N) is 2. The Hall–Kier alpha value is -1.48. The molecule has 1 aliphatic heterocycles. The Labute approximate surface area is 118 Å². The highest BCUT2D eigenvalue weighted by molar-refractivity contribution is 7.89. The normalized spacial score (nSPS) is 18.1. The van der Waals surface area contributed by atoms with Crippen molar-refractivity contribution in [1.82, 2.24) is 24.8 Å². The quantitative estimate of drug-likeness (QED) is 0.779. The smallest absolute Gasteiger partial charge is 0.288 e. The van der Waals surface area contributed by atoms with Crippen molar-refractivity contribution < 1.29 is 13.2 Å². The van der Waals surface area contributed by atoms with Gasteiger partial charge in [0.15, 0.2) is 0 Å². The van der Waals surface area contributed by atoms with Gasteiger partial charge in [0, 0.05) is 19.1 Å². The van der Waals surface area contributed by atoms with Crippen molar-refractivity contribution in [3.05, 3.63) is 12.2 Å². The van der Waals surface area contributed by atoms with Crippen molar-refractivity contribution in [2.75, 3.05) is 18.8 Å². The SMILES string of the molecule is CCCS(=O)(=O)N1CCC(NC(=O)c2ncn[nH]2)CC1. The number of aromatic nitrogens is 3. The van der Waals surface area contributed by atoms with Crippen LogP contribution in [-0.4, -0.2) is 58.7 Å². The van der Waals surface area contributed by atoms with Crippen LogP contribution in [-0.2, 0) is 10.0 Å². The maximum Gasteiger partial charge on any atom is 0.288 e. The molecule has 0 atom stereocenters. The molecule has 0 saturated carbocycles. The van der Waals surface area contributed by atoms with Crippen LogP contribution >= 0.6 is 0 Å². The maximum atomic E-state index is 11.9. The molecular formula is C11H19N5O3S.